The lowest BCUT2D eigenvalue weighted by molar-refractivity contribution is -0.133. The predicted octanol–water partition coefficient (Wildman–Crippen LogP) is 1.60. The van der Waals surface area contributed by atoms with Crippen LogP contribution in [0.25, 0.3) is 0 Å². The summed E-state index contributed by atoms with van der Waals surface area (Å²) >= 11 is 0. The number of carbonyl (C=O) groups excluding carboxylic acids is 1. The van der Waals surface area contributed by atoms with Crippen molar-refractivity contribution in [3.05, 3.63) is 46.0 Å². The van der Waals surface area contributed by atoms with Crippen LogP contribution >= 0.6 is 0 Å². The molecular formula is C25H31N7O3. The highest BCUT2D eigenvalue weighted by atomic mass is 16.5. The minimum Gasteiger partial charge on any atom is -0.379 e. The zero-order valence-corrected chi connectivity index (χ0v) is 20.0. The van der Waals surface area contributed by atoms with Crippen LogP contribution in [0.1, 0.15) is 43.2 Å². The summed E-state index contributed by atoms with van der Waals surface area (Å²) in [7, 11) is 0. The van der Waals surface area contributed by atoms with Crippen molar-refractivity contribution in [2.45, 2.75) is 57.2 Å². The summed E-state index contributed by atoms with van der Waals surface area (Å²) in [6, 6.07) is 6.53. The number of aromatic nitrogens is 3. The number of likely N-dealkylation sites (tertiary alicyclic amines) is 1. The molecule has 1 N–H and O–H groups in total. The van der Waals surface area contributed by atoms with Crippen LogP contribution in [0.3, 0.4) is 0 Å². The molecule has 2 aromatic heterocycles. The number of nitrogens with one attached hydrogen (secondary N) is 1. The molecule has 10 heteroatoms. The van der Waals surface area contributed by atoms with Gasteiger partial charge in [0.05, 0.1) is 43.1 Å². The van der Waals surface area contributed by atoms with E-state index < -0.39 is 0 Å². The van der Waals surface area contributed by atoms with Gasteiger partial charge < -0.3 is 19.4 Å². The van der Waals surface area contributed by atoms with Crippen LogP contribution in [-0.2, 0) is 9.53 Å². The molecule has 0 saturated carbocycles. The minimum absolute atomic E-state index is 0.132. The van der Waals surface area contributed by atoms with E-state index in [2.05, 4.69) is 31.1 Å². The number of aromatic amines is 1. The number of rotatable bonds is 7. The number of amides is 1. The zero-order valence-electron chi connectivity index (χ0n) is 20.0. The third-order valence-electron chi connectivity index (χ3n) is 7.51. The first kappa shape index (κ1) is 23.3. The molecular weight excluding hydrogens is 446 g/mol. The molecule has 0 aromatic carbocycles. The van der Waals surface area contributed by atoms with E-state index in [4.69, 9.17) is 10.00 Å². The molecule has 5 heterocycles. The Bertz CT molecular complexity index is 1140. The number of H-pyrrole nitrogens is 1. The molecule has 2 aromatic rings. The quantitative estimate of drug-likeness (QED) is 0.598. The number of hydrogen-bond acceptors (Lipinski definition) is 8. The summed E-state index contributed by atoms with van der Waals surface area (Å²) < 4.78 is 5.94. The van der Waals surface area contributed by atoms with Gasteiger partial charge in [-0.3, -0.25) is 9.59 Å². The summed E-state index contributed by atoms with van der Waals surface area (Å²) in [5.41, 5.74) is 1.93. The molecule has 2 unspecified atom stereocenters. The Labute approximate surface area is 204 Å². The monoisotopic (exact) mass is 477 g/mol. The van der Waals surface area contributed by atoms with Crippen molar-refractivity contribution in [3.8, 4) is 6.07 Å². The number of ether oxygens (including phenoxy) is 1. The van der Waals surface area contributed by atoms with Gasteiger partial charge in [-0.05, 0) is 44.7 Å². The second kappa shape index (κ2) is 10.0. The third kappa shape index (κ3) is 4.73. The number of anilines is 2. The average molecular weight is 478 g/mol. The number of hydrogen-bond donors (Lipinski definition) is 1. The van der Waals surface area contributed by atoms with Crippen molar-refractivity contribution in [1.29, 1.82) is 5.26 Å². The van der Waals surface area contributed by atoms with Crippen LogP contribution in [0.5, 0.6) is 0 Å². The molecule has 1 amide bonds. The summed E-state index contributed by atoms with van der Waals surface area (Å²) in [5, 5.41) is 15.4. The van der Waals surface area contributed by atoms with Crippen molar-refractivity contribution >= 4 is 17.4 Å². The van der Waals surface area contributed by atoms with Gasteiger partial charge in [-0.15, -0.1) is 0 Å². The molecule has 0 aliphatic carbocycles. The summed E-state index contributed by atoms with van der Waals surface area (Å²) in [6.45, 7) is 5.00. The SMILES string of the molecule is Cc1c(N2CCC[C@H]2COCCC(=O)N2CC3CCC(C2)N3c2ccc(C#N)cn2)cn[nH]c1=O. The predicted molar refractivity (Wildman–Crippen MR) is 130 cm³/mol. The van der Waals surface area contributed by atoms with E-state index in [1.807, 2.05) is 17.9 Å². The standard InChI is InChI=1S/C25H31N7O3/c1-17-22(13-28-29-25(17)34)31-9-2-3-21(31)16-35-10-8-24(33)30-14-19-5-6-20(15-30)32(19)23-7-4-18(11-26)12-27-23/h4,7,12-13,19-21H,2-3,5-6,8-10,14-16H2,1H3,(H,29,34)/t19?,20?,21-/m0/s1. The van der Waals surface area contributed by atoms with E-state index in [9.17, 15) is 9.59 Å². The summed E-state index contributed by atoms with van der Waals surface area (Å²) in [6.07, 6.45) is 7.81. The van der Waals surface area contributed by atoms with Gasteiger partial charge in [0.1, 0.15) is 11.9 Å². The van der Waals surface area contributed by atoms with E-state index in [0.717, 1.165) is 43.7 Å². The fourth-order valence-corrected chi connectivity index (χ4v) is 5.69. The lowest BCUT2D eigenvalue weighted by Crippen LogP contribution is -2.55. The number of nitrogens with zero attached hydrogens (tertiary/aromatic N) is 6. The maximum atomic E-state index is 12.9. The largest absolute Gasteiger partial charge is 0.379 e. The molecule has 184 valence electrons. The Morgan fingerprint density at radius 2 is 2.03 bits per heavy atom. The lowest BCUT2D eigenvalue weighted by atomic mass is 10.1. The second-order valence-electron chi connectivity index (χ2n) is 9.63. The number of pyridine rings is 1. The van der Waals surface area contributed by atoms with Crippen LogP contribution in [0, 0.1) is 18.3 Å². The molecule has 5 rings (SSSR count). The van der Waals surface area contributed by atoms with Gasteiger partial charge in [0.2, 0.25) is 5.91 Å². The molecule has 0 radical (unpaired) electrons. The first-order valence-corrected chi connectivity index (χ1v) is 12.4. The van der Waals surface area contributed by atoms with Crippen molar-refractivity contribution in [2.75, 3.05) is 42.6 Å². The Morgan fingerprint density at radius 1 is 1.23 bits per heavy atom. The fraction of sp³-hybridized carbons (Fsp3) is 0.560. The van der Waals surface area contributed by atoms with E-state index in [1.165, 1.54) is 0 Å². The number of nitriles is 1. The summed E-state index contributed by atoms with van der Waals surface area (Å²) in [4.78, 5) is 35.8. The lowest BCUT2D eigenvalue weighted by Gasteiger charge is -2.41. The van der Waals surface area contributed by atoms with E-state index in [-0.39, 0.29) is 29.6 Å². The molecule has 3 atom stereocenters. The highest BCUT2D eigenvalue weighted by Crippen LogP contribution is 2.34. The maximum Gasteiger partial charge on any atom is 0.269 e. The minimum atomic E-state index is -0.163. The number of piperazine rings is 1. The van der Waals surface area contributed by atoms with E-state index >= 15 is 0 Å². The average Bonchev–Trinajstić information content (AvgIpc) is 3.44. The van der Waals surface area contributed by atoms with Gasteiger partial charge >= 0.3 is 0 Å². The highest BCUT2D eigenvalue weighted by Gasteiger charge is 2.41. The fourth-order valence-electron chi connectivity index (χ4n) is 5.69. The molecule has 2 bridgehead atoms. The van der Waals surface area contributed by atoms with Crippen molar-refractivity contribution in [3.63, 3.8) is 0 Å². The Hall–Kier alpha value is -3.45. The molecule has 3 aliphatic rings. The van der Waals surface area contributed by atoms with Gasteiger partial charge in [-0.2, -0.15) is 10.4 Å². The van der Waals surface area contributed by atoms with Crippen LogP contribution in [-0.4, -0.2) is 77.0 Å². The van der Waals surface area contributed by atoms with Gasteiger partial charge in [0, 0.05) is 43.5 Å². The summed E-state index contributed by atoms with van der Waals surface area (Å²) in [5.74, 6) is 1.02. The molecule has 35 heavy (non-hydrogen) atoms. The molecule has 3 saturated heterocycles. The molecule has 10 nitrogen and oxygen atoms in total. The second-order valence-corrected chi connectivity index (χ2v) is 9.63. The highest BCUT2D eigenvalue weighted by molar-refractivity contribution is 5.77. The maximum absolute atomic E-state index is 12.9. The van der Waals surface area contributed by atoms with Crippen molar-refractivity contribution < 1.29 is 9.53 Å². The van der Waals surface area contributed by atoms with Crippen molar-refractivity contribution in [2.24, 2.45) is 0 Å². The zero-order chi connectivity index (χ0) is 24.4. The third-order valence-corrected chi connectivity index (χ3v) is 7.51. The van der Waals surface area contributed by atoms with Crippen LogP contribution < -0.4 is 15.4 Å². The van der Waals surface area contributed by atoms with Crippen LogP contribution in [0.4, 0.5) is 11.5 Å². The van der Waals surface area contributed by atoms with Gasteiger partial charge in [0.25, 0.3) is 5.56 Å². The van der Waals surface area contributed by atoms with E-state index in [0.29, 0.717) is 43.9 Å². The van der Waals surface area contributed by atoms with Crippen LogP contribution in [0.15, 0.2) is 29.3 Å². The number of fused-ring (bicyclic) bond motifs is 2. The molecule has 3 fully saturated rings. The Kier molecular flexibility index (Phi) is 6.68. The topological polar surface area (TPSA) is 118 Å². The first-order valence-electron chi connectivity index (χ1n) is 12.4. The van der Waals surface area contributed by atoms with Gasteiger partial charge in [-0.1, -0.05) is 0 Å². The van der Waals surface area contributed by atoms with Crippen LogP contribution in [0.2, 0.25) is 0 Å². The first-order chi connectivity index (χ1) is 17.0. The van der Waals surface area contributed by atoms with E-state index in [1.54, 1.807) is 18.5 Å². The smallest absolute Gasteiger partial charge is 0.269 e. The number of carbonyl (C=O) groups is 1. The Balaban J connectivity index is 1.10. The normalized spacial score (nSPS) is 23.5. The van der Waals surface area contributed by atoms with Gasteiger partial charge in [-0.25, -0.2) is 10.1 Å². The van der Waals surface area contributed by atoms with Gasteiger partial charge in [0.15, 0.2) is 0 Å². The van der Waals surface area contributed by atoms with Crippen molar-refractivity contribution in [1.82, 2.24) is 20.1 Å². The molecule has 3 aliphatic heterocycles. The Morgan fingerprint density at radius 3 is 2.74 bits per heavy atom. The molecule has 0 spiro atoms.